The number of thiol groups is 2. The fourth-order valence-corrected chi connectivity index (χ4v) is 2.85. The van der Waals surface area contributed by atoms with Crippen LogP contribution in [0.1, 0.15) is 5.56 Å². The van der Waals surface area contributed by atoms with Crippen molar-refractivity contribution in [2.24, 2.45) is 0 Å². The van der Waals surface area contributed by atoms with Crippen LogP contribution < -0.4 is 0 Å². The summed E-state index contributed by atoms with van der Waals surface area (Å²) in [7, 11) is 0. The monoisotopic (exact) mass is 426 g/mol. The molecule has 0 unspecified atom stereocenters. The van der Waals surface area contributed by atoms with Crippen molar-refractivity contribution in [2.75, 3.05) is 0 Å². The van der Waals surface area contributed by atoms with E-state index in [1.807, 2.05) is 29.5 Å². The van der Waals surface area contributed by atoms with Gasteiger partial charge < -0.3 is 0 Å². The van der Waals surface area contributed by atoms with Gasteiger partial charge in [-0.15, -0.1) is 25.3 Å². The predicted octanol–water partition coefficient (Wildman–Crippen LogP) is 3.92. The summed E-state index contributed by atoms with van der Waals surface area (Å²) in [5.74, 6) is -0.279. The summed E-state index contributed by atoms with van der Waals surface area (Å²) in [6.45, 7) is 1.91. The Balaban J connectivity index is 3.60. The van der Waals surface area contributed by atoms with Gasteiger partial charge in [0, 0.05) is 8.47 Å². The summed E-state index contributed by atoms with van der Waals surface area (Å²) < 4.78 is 14.8. The average Bonchev–Trinajstić information content (AvgIpc) is 2.08. The van der Waals surface area contributed by atoms with Gasteiger partial charge in [0.25, 0.3) is 0 Å². The summed E-state index contributed by atoms with van der Waals surface area (Å²) >= 11 is 12.3. The minimum absolute atomic E-state index is 0.279. The molecule has 0 aliphatic rings. The minimum Gasteiger partial charge on any atom is -0.205 e. The Hall–Kier alpha value is 1.31. The molecular formula is C7H5FI2S2. The van der Waals surface area contributed by atoms with E-state index in [9.17, 15) is 4.39 Å². The van der Waals surface area contributed by atoms with Gasteiger partial charge in [0.15, 0.2) is 5.82 Å². The molecule has 0 amide bonds. The van der Waals surface area contributed by atoms with E-state index in [0.717, 1.165) is 9.13 Å². The molecule has 0 heterocycles. The summed E-state index contributed by atoms with van der Waals surface area (Å²) in [5, 5.41) is 0. The second-order valence-corrected chi connectivity index (χ2v) is 5.32. The number of halogens is 3. The van der Waals surface area contributed by atoms with Crippen LogP contribution in [-0.4, -0.2) is 0 Å². The molecule has 0 spiro atoms. The van der Waals surface area contributed by atoms with Crippen LogP contribution in [0.2, 0.25) is 0 Å². The quantitative estimate of drug-likeness (QED) is 0.351. The number of rotatable bonds is 0. The van der Waals surface area contributed by atoms with Crippen molar-refractivity contribution in [3.05, 3.63) is 18.5 Å². The molecule has 12 heavy (non-hydrogen) atoms. The molecule has 0 saturated heterocycles. The molecule has 0 saturated carbocycles. The van der Waals surface area contributed by atoms with E-state index < -0.39 is 0 Å². The molecule has 0 bridgehead atoms. The highest BCUT2D eigenvalue weighted by Gasteiger charge is 2.14. The molecule has 0 atom stereocenters. The van der Waals surface area contributed by atoms with Crippen LogP contribution >= 0.6 is 70.4 Å². The predicted molar refractivity (Wildman–Crippen MR) is 71.1 cm³/mol. The maximum absolute atomic E-state index is 13.3. The molecular weight excluding hydrogens is 421 g/mol. The van der Waals surface area contributed by atoms with Crippen LogP contribution in [0.25, 0.3) is 0 Å². The molecule has 0 radical (unpaired) electrons. The smallest absolute Gasteiger partial charge is 0.152 e. The van der Waals surface area contributed by atoms with Crippen molar-refractivity contribution >= 4 is 70.4 Å². The molecule has 0 aromatic heterocycles. The first-order chi connectivity index (χ1) is 5.46. The van der Waals surface area contributed by atoms with E-state index in [1.165, 1.54) is 0 Å². The van der Waals surface area contributed by atoms with Crippen LogP contribution in [0.4, 0.5) is 4.39 Å². The zero-order valence-corrected chi connectivity index (χ0v) is 12.1. The minimum atomic E-state index is -0.279. The molecule has 1 aromatic carbocycles. The molecule has 0 nitrogen and oxygen atoms in total. The lowest BCUT2D eigenvalue weighted by molar-refractivity contribution is 0.584. The Labute approximate surface area is 109 Å². The highest BCUT2D eigenvalue weighted by atomic mass is 127. The molecule has 5 heteroatoms. The third kappa shape index (κ3) is 1.88. The van der Waals surface area contributed by atoms with Crippen molar-refractivity contribution in [1.82, 2.24) is 0 Å². The van der Waals surface area contributed by atoms with Crippen LogP contribution in [-0.2, 0) is 0 Å². The first-order valence-corrected chi connectivity index (χ1v) is 6.07. The Kier molecular flexibility index (Phi) is 4.01. The van der Waals surface area contributed by atoms with Gasteiger partial charge in [-0.05, 0) is 57.7 Å². The van der Waals surface area contributed by atoms with E-state index in [1.54, 1.807) is 0 Å². The van der Waals surface area contributed by atoms with Crippen molar-refractivity contribution in [2.45, 2.75) is 16.7 Å². The van der Waals surface area contributed by atoms with Crippen LogP contribution in [0.5, 0.6) is 0 Å². The normalized spacial score (nSPS) is 10.5. The lowest BCUT2D eigenvalue weighted by Crippen LogP contribution is -1.95. The molecule has 0 aliphatic carbocycles. The van der Waals surface area contributed by atoms with Gasteiger partial charge >= 0.3 is 0 Å². The van der Waals surface area contributed by atoms with Gasteiger partial charge in [-0.25, -0.2) is 4.39 Å². The van der Waals surface area contributed by atoms with Gasteiger partial charge in [-0.3, -0.25) is 0 Å². The summed E-state index contributed by atoms with van der Waals surface area (Å²) in [6, 6.07) is 0. The summed E-state index contributed by atoms with van der Waals surface area (Å²) in [5.41, 5.74) is 0.981. The molecule has 0 fully saturated rings. The molecule has 1 rings (SSSR count). The zero-order chi connectivity index (χ0) is 9.46. The van der Waals surface area contributed by atoms with E-state index in [0.29, 0.717) is 13.4 Å². The average molecular weight is 426 g/mol. The second-order valence-electron chi connectivity index (χ2n) is 2.26. The Morgan fingerprint density at radius 2 is 1.58 bits per heavy atom. The molecule has 66 valence electrons. The van der Waals surface area contributed by atoms with Crippen LogP contribution in [0.15, 0.2) is 9.79 Å². The van der Waals surface area contributed by atoms with Gasteiger partial charge in [-0.2, -0.15) is 0 Å². The van der Waals surface area contributed by atoms with E-state index in [-0.39, 0.29) is 5.82 Å². The molecule has 0 N–H and O–H groups in total. The zero-order valence-electron chi connectivity index (χ0n) is 6.03. The molecule has 1 aromatic rings. The number of benzene rings is 1. The first kappa shape index (κ1) is 11.4. The van der Waals surface area contributed by atoms with Crippen molar-refractivity contribution in [3.8, 4) is 0 Å². The van der Waals surface area contributed by atoms with E-state index >= 15 is 0 Å². The highest BCUT2D eigenvalue weighted by molar-refractivity contribution is 14.1. The van der Waals surface area contributed by atoms with Crippen LogP contribution in [0.3, 0.4) is 0 Å². The van der Waals surface area contributed by atoms with Gasteiger partial charge in [-0.1, -0.05) is 0 Å². The maximum atomic E-state index is 13.3. The summed E-state index contributed by atoms with van der Waals surface area (Å²) in [4.78, 5) is 0.960. The SMILES string of the molecule is Cc1c(S)c(S)c(F)c(I)c1I. The standard InChI is InChI=1S/C7H5FI2S2/c1-2-4(9)5(10)3(8)7(12)6(2)11/h11-12H,1H3. The first-order valence-electron chi connectivity index (χ1n) is 3.01. The second kappa shape index (κ2) is 4.22. The largest absolute Gasteiger partial charge is 0.205 e. The Bertz CT molecular complexity index is 234. The topological polar surface area (TPSA) is 0 Å². The van der Waals surface area contributed by atoms with Crippen molar-refractivity contribution in [1.29, 1.82) is 0 Å². The number of hydrogen-bond donors (Lipinski definition) is 2. The number of hydrogen-bond acceptors (Lipinski definition) is 2. The lowest BCUT2D eigenvalue weighted by atomic mass is 10.2. The Morgan fingerprint density at radius 1 is 1.08 bits per heavy atom. The van der Waals surface area contributed by atoms with Crippen molar-refractivity contribution < 1.29 is 4.39 Å². The Morgan fingerprint density at radius 3 is 2.08 bits per heavy atom. The summed E-state index contributed by atoms with van der Waals surface area (Å²) in [6.07, 6.45) is 0. The fraction of sp³-hybridized carbons (Fsp3) is 0.143. The third-order valence-corrected chi connectivity index (χ3v) is 6.05. The maximum Gasteiger partial charge on any atom is 0.152 e. The molecule has 0 aliphatic heterocycles. The van der Waals surface area contributed by atoms with E-state index in [4.69, 9.17) is 0 Å². The van der Waals surface area contributed by atoms with Gasteiger partial charge in [0.1, 0.15) is 0 Å². The van der Waals surface area contributed by atoms with E-state index in [2.05, 4.69) is 47.8 Å². The van der Waals surface area contributed by atoms with Gasteiger partial charge in [0.2, 0.25) is 0 Å². The lowest BCUT2D eigenvalue weighted by Gasteiger charge is -2.09. The van der Waals surface area contributed by atoms with Gasteiger partial charge in [0.05, 0.1) is 8.47 Å². The van der Waals surface area contributed by atoms with Crippen molar-refractivity contribution in [3.63, 3.8) is 0 Å². The van der Waals surface area contributed by atoms with Crippen LogP contribution in [0, 0.1) is 19.9 Å². The highest BCUT2D eigenvalue weighted by Crippen LogP contribution is 2.33. The fourth-order valence-electron chi connectivity index (χ4n) is 0.750. The third-order valence-electron chi connectivity index (χ3n) is 1.50.